The number of aliphatic hydroxyl groups is 1. The Bertz CT molecular complexity index is 209. The number of ether oxygens (including phenoxy) is 1. The van der Waals surface area contributed by atoms with Crippen molar-refractivity contribution in [2.45, 2.75) is 5.25 Å². The second kappa shape index (κ2) is 3.48. The summed E-state index contributed by atoms with van der Waals surface area (Å²) in [6.45, 7) is 0.438. The molecule has 1 rings (SSSR count). The van der Waals surface area contributed by atoms with Crippen LogP contribution in [0, 0.1) is 0 Å². The molecule has 1 heterocycles. The third-order valence-corrected chi connectivity index (χ3v) is 3.22. The average molecular weight is 181 g/mol. The molecule has 0 aromatic carbocycles. The topological polar surface area (TPSA) is 75.6 Å². The van der Waals surface area contributed by atoms with E-state index in [2.05, 4.69) is 4.72 Å². The fraction of sp³-hybridized carbons (Fsp3) is 1.00. The van der Waals surface area contributed by atoms with Crippen LogP contribution in [0.1, 0.15) is 0 Å². The normalized spacial score (nSPS) is 19.7. The van der Waals surface area contributed by atoms with Gasteiger partial charge in [-0.1, -0.05) is 0 Å². The van der Waals surface area contributed by atoms with Crippen LogP contribution in [0.25, 0.3) is 0 Å². The molecular formula is C5H11NO4S. The quantitative estimate of drug-likeness (QED) is 0.542. The molecule has 0 unspecified atom stereocenters. The van der Waals surface area contributed by atoms with Crippen molar-refractivity contribution in [3.63, 3.8) is 0 Å². The van der Waals surface area contributed by atoms with Gasteiger partial charge in [0.25, 0.3) is 0 Å². The highest BCUT2D eigenvalue weighted by atomic mass is 32.2. The SMILES string of the molecule is O=S(=O)(NCCO)C1COC1. The lowest BCUT2D eigenvalue weighted by atomic mass is 10.4. The highest BCUT2D eigenvalue weighted by molar-refractivity contribution is 7.90. The average Bonchev–Trinajstić information content (AvgIpc) is 1.78. The van der Waals surface area contributed by atoms with E-state index in [9.17, 15) is 8.42 Å². The minimum Gasteiger partial charge on any atom is -0.395 e. The maximum absolute atomic E-state index is 11.1. The molecule has 0 bridgehead atoms. The van der Waals surface area contributed by atoms with Crippen molar-refractivity contribution < 1.29 is 18.3 Å². The summed E-state index contributed by atoms with van der Waals surface area (Å²) in [4.78, 5) is 0. The summed E-state index contributed by atoms with van der Waals surface area (Å²) in [5.41, 5.74) is 0. The number of hydrogen-bond donors (Lipinski definition) is 2. The zero-order chi connectivity index (χ0) is 8.32. The van der Waals surface area contributed by atoms with Crippen molar-refractivity contribution >= 4 is 10.0 Å². The van der Waals surface area contributed by atoms with Gasteiger partial charge in [-0.25, -0.2) is 13.1 Å². The van der Waals surface area contributed by atoms with Crippen LogP contribution >= 0.6 is 0 Å². The fourth-order valence-electron chi connectivity index (χ4n) is 0.699. The molecule has 0 aromatic rings. The van der Waals surface area contributed by atoms with Gasteiger partial charge >= 0.3 is 0 Å². The maximum Gasteiger partial charge on any atom is 0.219 e. The van der Waals surface area contributed by atoms with Gasteiger partial charge in [0.2, 0.25) is 10.0 Å². The molecule has 2 N–H and O–H groups in total. The predicted molar refractivity (Wildman–Crippen MR) is 38.6 cm³/mol. The third kappa shape index (κ3) is 2.13. The van der Waals surface area contributed by atoms with Gasteiger partial charge in [0.1, 0.15) is 5.25 Å². The molecule has 0 saturated carbocycles. The molecule has 0 amide bonds. The molecule has 0 spiro atoms. The van der Waals surface area contributed by atoms with Crippen LogP contribution in [0.5, 0.6) is 0 Å². The van der Waals surface area contributed by atoms with Crippen molar-refractivity contribution in [1.29, 1.82) is 0 Å². The summed E-state index contributed by atoms with van der Waals surface area (Å²) in [5, 5.41) is 7.92. The molecule has 1 aliphatic rings. The van der Waals surface area contributed by atoms with E-state index in [1.807, 2.05) is 0 Å². The number of rotatable bonds is 4. The van der Waals surface area contributed by atoms with Crippen molar-refractivity contribution in [1.82, 2.24) is 4.72 Å². The molecule has 0 aliphatic carbocycles. The first kappa shape index (κ1) is 8.92. The number of nitrogens with one attached hydrogen (secondary N) is 1. The largest absolute Gasteiger partial charge is 0.395 e. The van der Waals surface area contributed by atoms with Crippen LogP contribution < -0.4 is 4.72 Å². The molecule has 5 nitrogen and oxygen atoms in total. The first-order valence-corrected chi connectivity index (χ1v) is 4.88. The summed E-state index contributed by atoms with van der Waals surface area (Å²) < 4.78 is 29.1. The van der Waals surface area contributed by atoms with E-state index < -0.39 is 15.3 Å². The van der Waals surface area contributed by atoms with Crippen molar-refractivity contribution in [3.05, 3.63) is 0 Å². The second-order valence-electron chi connectivity index (χ2n) is 2.32. The Kier molecular flexibility index (Phi) is 2.83. The van der Waals surface area contributed by atoms with Gasteiger partial charge in [-0.2, -0.15) is 0 Å². The van der Waals surface area contributed by atoms with E-state index in [-0.39, 0.29) is 26.4 Å². The Morgan fingerprint density at radius 1 is 1.55 bits per heavy atom. The lowest BCUT2D eigenvalue weighted by molar-refractivity contribution is 0.0410. The van der Waals surface area contributed by atoms with Gasteiger partial charge < -0.3 is 9.84 Å². The van der Waals surface area contributed by atoms with E-state index in [1.54, 1.807) is 0 Å². The Morgan fingerprint density at radius 3 is 2.55 bits per heavy atom. The highest BCUT2D eigenvalue weighted by Crippen LogP contribution is 2.09. The summed E-state index contributed by atoms with van der Waals surface area (Å²) in [5.74, 6) is 0. The Balaban J connectivity index is 2.39. The van der Waals surface area contributed by atoms with Crippen LogP contribution in [0.4, 0.5) is 0 Å². The molecular weight excluding hydrogens is 170 g/mol. The van der Waals surface area contributed by atoms with Gasteiger partial charge in [-0.3, -0.25) is 0 Å². The van der Waals surface area contributed by atoms with Gasteiger partial charge in [0, 0.05) is 6.54 Å². The van der Waals surface area contributed by atoms with Crippen LogP contribution in [0.3, 0.4) is 0 Å². The van der Waals surface area contributed by atoms with E-state index in [4.69, 9.17) is 9.84 Å². The summed E-state index contributed by atoms with van der Waals surface area (Å²) in [7, 11) is -3.22. The molecule has 1 aliphatic heterocycles. The Hall–Kier alpha value is -0.170. The summed E-state index contributed by atoms with van der Waals surface area (Å²) in [6, 6.07) is 0. The molecule has 0 atom stereocenters. The summed E-state index contributed by atoms with van der Waals surface area (Å²) >= 11 is 0. The van der Waals surface area contributed by atoms with Crippen LogP contribution in [-0.4, -0.2) is 45.1 Å². The molecule has 66 valence electrons. The van der Waals surface area contributed by atoms with Crippen LogP contribution in [-0.2, 0) is 14.8 Å². The van der Waals surface area contributed by atoms with Gasteiger partial charge in [0.05, 0.1) is 19.8 Å². The maximum atomic E-state index is 11.1. The minimum absolute atomic E-state index is 0.0822. The van der Waals surface area contributed by atoms with E-state index >= 15 is 0 Å². The molecule has 0 aromatic heterocycles. The standard InChI is InChI=1S/C5H11NO4S/c7-2-1-6-11(8,9)5-3-10-4-5/h5-7H,1-4H2. The zero-order valence-corrected chi connectivity index (χ0v) is 6.80. The molecule has 1 fully saturated rings. The van der Waals surface area contributed by atoms with E-state index in [0.29, 0.717) is 0 Å². The van der Waals surface area contributed by atoms with E-state index in [1.165, 1.54) is 0 Å². The number of aliphatic hydroxyl groups excluding tert-OH is 1. The molecule has 6 heteroatoms. The predicted octanol–water partition coefficient (Wildman–Crippen LogP) is -1.70. The zero-order valence-electron chi connectivity index (χ0n) is 5.99. The molecule has 1 saturated heterocycles. The molecule has 0 radical (unpaired) electrons. The fourth-order valence-corrected chi connectivity index (χ4v) is 1.86. The lowest BCUT2D eigenvalue weighted by Crippen LogP contribution is -2.47. The number of sulfonamides is 1. The third-order valence-electron chi connectivity index (χ3n) is 1.46. The van der Waals surface area contributed by atoms with Gasteiger partial charge in [-0.15, -0.1) is 0 Å². The van der Waals surface area contributed by atoms with Gasteiger partial charge in [0.15, 0.2) is 0 Å². The monoisotopic (exact) mass is 181 g/mol. The second-order valence-corrected chi connectivity index (χ2v) is 4.37. The summed E-state index contributed by atoms with van der Waals surface area (Å²) in [6.07, 6.45) is 0. The van der Waals surface area contributed by atoms with Crippen molar-refractivity contribution in [2.24, 2.45) is 0 Å². The van der Waals surface area contributed by atoms with Gasteiger partial charge in [-0.05, 0) is 0 Å². The molecule has 11 heavy (non-hydrogen) atoms. The Labute approximate surface area is 65.4 Å². The minimum atomic E-state index is -3.22. The van der Waals surface area contributed by atoms with Crippen molar-refractivity contribution in [2.75, 3.05) is 26.4 Å². The van der Waals surface area contributed by atoms with Crippen LogP contribution in [0.15, 0.2) is 0 Å². The number of hydrogen-bond acceptors (Lipinski definition) is 4. The smallest absolute Gasteiger partial charge is 0.219 e. The highest BCUT2D eigenvalue weighted by Gasteiger charge is 2.31. The van der Waals surface area contributed by atoms with Crippen LogP contribution in [0.2, 0.25) is 0 Å². The first-order valence-electron chi connectivity index (χ1n) is 3.34. The Morgan fingerprint density at radius 2 is 2.18 bits per heavy atom. The van der Waals surface area contributed by atoms with E-state index in [0.717, 1.165) is 0 Å². The lowest BCUT2D eigenvalue weighted by Gasteiger charge is -2.25. The first-order chi connectivity index (χ1) is 5.17. The van der Waals surface area contributed by atoms with Crippen molar-refractivity contribution in [3.8, 4) is 0 Å².